The Morgan fingerprint density at radius 3 is 2.46 bits per heavy atom. The quantitative estimate of drug-likeness (QED) is 0.297. The van der Waals surface area contributed by atoms with Crippen molar-refractivity contribution in [3.8, 4) is 0 Å². The van der Waals surface area contributed by atoms with Gasteiger partial charge in [-0.05, 0) is 43.7 Å². The van der Waals surface area contributed by atoms with Gasteiger partial charge in [-0.1, -0.05) is 26.8 Å². The summed E-state index contributed by atoms with van der Waals surface area (Å²) in [5.41, 5.74) is 0. The highest BCUT2D eigenvalue weighted by atomic mass is 127. The molecule has 1 aliphatic heterocycles. The molecule has 2 unspecified atom stereocenters. The average molecular weight is 522 g/mol. The highest BCUT2D eigenvalue weighted by Crippen LogP contribution is 2.15. The topological polar surface area (TPSA) is 42.9 Å². The monoisotopic (exact) mass is 521 g/mol. The molecule has 0 amide bonds. The first kappa shape index (κ1) is 25.7. The van der Waals surface area contributed by atoms with Gasteiger partial charge in [0, 0.05) is 56.7 Å². The van der Waals surface area contributed by atoms with Crippen LogP contribution in [0.4, 0.5) is 0 Å². The summed E-state index contributed by atoms with van der Waals surface area (Å²) in [5, 5.41) is 9.18. The number of rotatable bonds is 9. The van der Waals surface area contributed by atoms with Crippen LogP contribution in [0.2, 0.25) is 0 Å². The van der Waals surface area contributed by atoms with Crippen LogP contribution in [0.3, 0.4) is 0 Å². The van der Waals surface area contributed by atoms with Crippen LogP contribution in [0, 0.1) is 11.8 Å². The molecule has 0 saturated carbocycles. The Kier molecular flexibility index (Phi) is 12.6. The van der Waals surface area contributed by atoms with Gasteiger partial charge in [0.25, 0.3) is 0 Å². The van der Waals surface area contributed by atoms with Crippen LogP contribution >= 0.6 is 35.3 Å². The van der Waals surface area contributed by atoms with Crippen LogP contribution in [0.5, 0.6) is 0 Å². The summed E-state index contributed by atoms with van der Waals surface area (Å²) in [5.74, 6) is 2.13. The number of aliphatic imine (C=N–C) groups is 1. The van der Waals surface area contributed by atoms with Crippen molar-refractivity contribution in [2.24, 2.45) is 16.8 Å². The number of hydrogen-bond donors (Lipinski definition) is 2. The summed E-state index contributed by atoms with van der Waals surface area (Å²) in [4.78, 5) is 11.4. The lowest BCUT2D eigenvalue weighted by Crippen LogP contribution is -2.55. The molecule has 0 radical (unpaired) electrons. The number of nitrogens with one attached hydrogen (secondary N) is 2. The van der Waals surface area contributed by atoms with Crippen molar-refractivity contribution in [1.29, 1.82) is 0 Å². The Bertz CT molecular complexity index is 541. The Morgan fingerprint density at radius 2 is 1.89 bits per heavy atom. The van der Waals surface area contributed by atoms with E-state index in [1.165, 1.54) is 4.88 Å². The third-order valence-corrected chi connectivity index (χ3v) is 6.19. The first-order valence-corrected chi connectivity index (χ1v) is 11.3. The Balaban J connectivity index is 0.00000392. The number of guanidine groups is 1. The van der Waals surface area contributed by atoms with Gasteiger partial charge in [0.05, 0.1) is 0 Å². The summed E-state index contributed by atoms with van der Waals surface area (Å²) in [6, 6.07) is 4.90. The fourth-order valence-electron chi connectivity index (χ4n) is 3.57. The van der Waals surface area contributed by atoms with Crippen LogP contribution in [-0.4, -0.2) is 74.7 Å². The largest absolute Gasteiger partial charge is 0.357 e. The van der Waals surface area contributed by atoms with Crippen LogP contribution in [0.25, 0.3) is 0 Å². The first-order chi connectivity index (χ1) is 13.0. The Labute approximate surface area is 193 Å². The van der Waals surface area contributed by atoms with E-state index in [2.05, 4.69) is 72.7 Å². The summed E-state index contributed by atoms with van der Waals surface area (Å²) >= 11 is 1.84. The van der Waals surface area contributed by atoms with Crippen molar-refractivity contribution in [1.82, 2.24) is 20.4 Å². The molecule has 0 aromatic carbocycles. The van der Waals surface area contributed by atoms with Gasteiger partial charge >= 0.3 is 0 Å². The zero-order valence-corrected chi connectivity index (χ0v) is 21.4. The van der Waals surface area contributed by atoms with Crippen molar-refractivity contribution >= 4 is 41.3 Å². The van der Waals surface area contributed by atoms with Gasteiger partial charge in [-0.25, -0.2) is 0 Å². The Hall–Kier alpha value is -0.380. The first-order valence-electron chi connectivity index (χ1n) is 10.5. The molecule has 0 bridgehead atoms. The molecular weight excluding hydrogens is 481 g/mol. The van der Waals surface area contributed by atoms with Gasteiger partial charge in [0.2, 0.25) is 0 Å². The van der Waals surface area contributed by atoms with E-state index in [4.69, 9.17) is 4.99 Å². The van der Waals surface area contributed by atoms with Crippen molar-refractivity contribution in [2.75, 3.05) is 52.9 Å². The minimum atomic E-state index is 0. The summed E-state index contributed by atoms with van der Waals surface area (Å²) in [7, 11) is 2.22. The maximum Gasteiger partial charge on any atom is 0.191 e. The van der Waals surface area contributed by atoms with Crippen molar-refractivity contribution < 1.29 is 0 Å². The minimum absolute atomic E-state index is 0. The zero-order valence-electron chi connectivity index (χ0n) is 18.3. The number of likely N-dealkylation sites (N-methyl/N-ethyl adjacent to an activating group) is 1. The second kappa shape index (κ2) is 13.8. The number of thiophene rings is 1. The van der Waals surface area contributed by atoms with Crippen molar-refractivity contribution in [3.63, 3.8) is 0 Å². The summed E-state index contributed by atoms with van der Waals surface area (Å²) in [6.45, 7) is 16.4. The lowest BCUT2D eigenvalue weighted by molar-refractivity contribution is 0.0900. The smallest absolute Gasteiger partial charge is 0.191 e. The van der Waals surface area contributed by atoms with Gasteiger partial charge in [0.15, 0.2) is 5.96 Å². The van der Waals surface area contributed by atoms with E-state index in [1.54, 1.807) is 0 Å². The number of hydrogen-bond acceptors (Lipinski definition) is 4. The minimum Gasteiger partial charge on any atom is -0.357 e. The number of piperazine rings is 1. The van der Waals surface area contributed by atoms with Gasteiger partial charge in [-0.3, -0.25) is 9.89 Å². The maximum absolute atomic E-state index is 4.85. The van der Waals surface area contributed by atoms with Crippen LogP contribution in [0.15, 0.2) is 22.5 Å². The predicted octanol–water partition coefficient (Wildman–Crippen LogP) is 3.37. The molecule has 2 rings (SSSR count). The lowest BCUT2D eigenvalue weighted by atomic mass is 10.0. The van der Waals surface area contributed by atoms with Gasteiger partial charge in [0.1, 0.15) is 0 Å². The highest BCUT2D eigenvalue weighted by Gasteiger charge is 2.25. The maximum atomic E-state index is 4.85. The van der Waals surface area contributed by atoms with E-state index < -0.39 is 0 Å². The number of nitrogens with zero attached hydrogens (tertiary/aromatic N) is 3. The molecule has 2 N–H and O–H groups in total. The fourth-order valence-corrected chi connectivity index (χ4v) is 4.44. The van der Waals surface area contributed by atoms with Gasteiger partial charge in [-0.15, -0.1) is 35.3 Å². The van der Waals surface area contributed by atoms with Gasteiger partial charge in [-0.2, -0.15) is 0 Å². The SMILES string of the molecule is CCNC(=NCC(C)Cc1cccs1)NCC(C(C)C)N1CCN(C)CC1.I. The van der Waals surface area contributed by atoms with E-state index in [0.717, 1.165) is 58.2 Å². The molecule has 7 heteroatoms. The molecule has 1 aromatic heterocycles. The lowest BCUT2D eigenvalue weighted by Gasteiger charge is -2.40. The molecule has 162 valence electrons. The van der Waals surface area contributed by atoms with Crippen LogP contribution in [0.1, 0.15) is 32.6 Å². The third kappa shape index (κ3) is 8.97. The molecule has 28 heavy (non-hydrogen) atoms. The standard InChI is InChI=1S/C21H39N5S.HI/c1-6-22-21(23-15-18(4)14-19-8-7-13-27-19)24-16-20(17(2)3)26-11-9-25(5)10-12-26;/h7-8,13,17-18,20H,6,9-12,14-16H2,1-5H3,(H2,22,23,24);1H. The Morgan fingerprint density at radius 1 is 1.18 bits per heavy atom. The normalized spacial score (nSPS) is 18.6. The van der Waals surface area contributed by atoms with Crippen molar-refractivity contribution in [3.05, 3.63) is 22.4 Å². The third-order valence-electron chi connectivity index (χ3n) is 5.29. The highest BCUT2D eigenvalue weighted by molar-refractivity contribution is 14.0. The second-order valence-electron chi connectivity index (χ2n) is 8.14. The molecule has 1 aliphatic rings. The van der Waals surface area contributed by atoms with Gasteiger partial charge < -0.3 is 15.5 Å². The predicted molar refractivity (Wildman–Crippen MR) is 134 cm³/mol. The van der Waals surface area contributed by atoms with Crippen LogP contribution in [-0.2, 0) is 6.42 Å². The molecule has 0 aliphatic carbocycles. The zero-order chi connectivity index (χ0) is 19.6. The van der Waals surface area contributed by atoms with E-state index in [9.17, 15) is 0 Å². The van der Waals surface area contributed by atoms with Crippen LogP contribution < -0.4 is 10.6 Å². The molecule has 1 aromatic rings. The summed E-state index contributed by atoms with van der Waals surface area (Å²) in [6.07, 6.45) is 1.11. The van der Waals surface area contributed by atoms with E-state index in [1.807, 2.05) is 11.3 Å². The second-order valence-corrected chi connectivity index (χ2v) is 9.17. The summed E-state index contributed by atoms with van der Waals surface area (Å²) < 4.78 is 0. The number of halogens is 1. The van der Waals surface area contributed by atoms with E-state index >= 15 is 0 Å². The average Bonchev–Trinajstić information content (AvgIpc) is 3.14. The van der Waals surface area contributed by atoms with E-state index in [0.29, 0.717) is 17.9 Å². The molecule has 2 atom stereocenters. The molecule has 1 fully saturated rings. The molecule has 1 saturated heterocycles. The molecule has 5 nitrogen and oxygen atoms in total. The van der Waals surface area contributed by atoms with E-state index in [-0.39, 0.29) is 24.0 Å². The molecule has 2 heterocycles. The molecule has 0 spiro atoms. The fraction of sp³-hybridized carbons (Fsp3) is 0.762. The molecular formula is C21H40IN5S. The van der Waals surface area contributed by atoms with Crippen molar-refractivity contribution in [2.45, 2.75) is 40.2 Å².